The van der Waals surface area contributed by atoms with Gasteiger partial charge in [-0.1, -0.05) is 46.3 Å². The van der Waals surface area contributed by atoms with Crippen molar-refractivity contribution in [3.63, 3.8) is 0 Å². The van der Waals surface area contributed by atoms with E-state index in [0.717, 1.165) is 11.8 Å². The average Bonchev–Trinajstić information content (AvgIpc) is 3.02. The molecule has 2 aliphatic carbocycles. The first-order valence-corrected chi connectivity index (χ1v) is 6.79. The van der Waals surface area contributed by atoms with Crippen LogP contribution < -0.4 is 0 Å². The molecule has 1 aromatic rings. The van der Waals surface area contributed by atoms with Crippen molar-refractivity contribution in [2.45, 2.75) is 18.6 Å². The number of allylic oxidation sites excluding steroid dienone is 2. The monoisotopic (exact) mass is 274 g/mol. The molecule has 0 amide bonds. The lowest BCUT2D eigenvalue weighted by molar-refractivity contribution is 0.418. The molecule has 0 radical (unpaired) electrons. The van der Waals surface area contributed by atoms with Gasteiger partial charge in [0.05, 0.1) is 0 Å². The molecule has 3 aliphatic rings. The van der Waals surface area contributed by atoms with Gasteiger partial charge >= 0.3 is 0 Å². The molecule has 1 heterocycles. The Hall–Kier alpha value is -0.860. The maximum atomic E-state index is 5.61. The van der Waals surface area contributed by atoms with Crippen LogP contribution in [0.1, 0.15) is 16.7 Å². The Morgan fingerprint density at radius 3 is 3.12 bits per heavy atom. The van der Waals surface area contributed by atoms with Crippen LogP contribution in [0.2, 0.25) is 0 Å². The minimum atomic E-state index is 0.367. The van der Waals surface area contributed by atoms with Gasteiger partial charge in [0, 0.05) is 5.33 Å². The number of hydrogen-bond donors (Lipinski definition) is 0. The van der Waals surface area contributed by atoms with E-state index >= 15 is 0 Å². The smallest absolute Gasteiger partial charge is 0.114 e. The van der Waals surface area contributed by atoms with Crippen LogP contribution in [0, 0.1) is 0 Å². The topological polar surface area (TPSA) is 12.5 Å². The van der Waals surface area contributed by atoms with Gasteiger partial charge in [-0.05, 0) is 34.3 Å². The number of aryl methyl sites for hydroxylation is 1. The Bertz CT molecular complexity index is 542. The zero-order chi connectivity index (χ0) is 10.7. The van der Waals surface area contributed by atoms with Crippen molar-refractivity contribution in [1.29, 1.82) is 0 Å². The van der Waals surface area contributed by atoms with E-state index in [4.69, 9.17) is 4.74 Å². The van der Waals surface area contributed by atoms with E-state index in [1.165, 1.54) is 27.8 Å². The number of rotatable bonds is 2. The highest BCUT2D eigenvalue weighted by molar-refractivity contribution is 9.09. The van der Waals surface area contributed by atoms with E-state index in [1.54, 1.807) is 0 Å². The van der Waals surface area contributed by atoms with Crippen molar-refractivity contribution in [2.75, 3.05) is 5.33 Å². The Kier molecular flexibility index (Phi) is 1.77. The predicted octanol–water partition coefficient (Wildman–Crippen LogP) is 3.19. The normalized spacial score (nSPS) is 28.1. The van der Waals surface area contributed by atoms with Gasteiger partial charge < -0.3 is 4.74 Å². The van der Waals surface area contributed by atoms with Crippen molar-refractivity contribution in [2.24, 2.45) is 0 Å². The molecule has 0 bridgehead atoms. The fourth-order valence-corrected chi connectivity index (χ4v) is 3.27. The Labute approximate surface area is 103 Å². The third-order valence-electron chi connectivity index (χ3n) is 3.63. The quantitative estimate of drug-likeness (QED) is 0.596. The summed E-state index contributed by atoms with van der Waals surface area (Å²) in [5.74, 6) is 0. The van der Waals surface area contributed by atoms with Gasteiger partial charge in [-0.2, -0.15) is 0 Å². The van der Waals surface area contributed by atoms with Gasteiger partial charge in [-0.25, -0.2) is 0 Å². The maximum absolute atomic E-state index is 5.61. The zero-order valence-electron chi connectivity index (χ0n) is 8.74. The van der Waals surface area contributed by atoms with E-state index < -0.39 is 0 Å². The molecule has 1 aliphatic heterocycles. The predicted molar refractivity (Wildman–Crippen MR) is 68.6 cm³/mol. The Balaban J connectivity index is 1.85. The van der Waals surface area contributed by atoms with Gasteiger partial charge in [-0.3, -0.25) is 0 Å². The van der Waals surface area contributed by atoms with Crippen LogP contribution in [0.25, 0.3) is 11.1 Å². The average molecular weight is 275 g/mol. The molecule has 1 fully saturated rings. The van der Waals surface area contributed by atoms with Gasteiger partial charge in [0.2, 0.25) is 0 Å². The van der Waals surface area contributed by atoms with Crippen molar-refractivity contribution in [1.82, 2.24) is 0 Å². The molecule has 0 N–H and O–H groups in total. The highest BCUT2D eigenvalue weighted by atomic mass is 79.9. The fourth-order valence-electron chi connectivity index (χ4n) is 2.84. The van der Waals surface area contributed by atoms with Gasteiger partial charge in [0.1, 0.15) is 12.2 Å². The molecule has 1 aromatic carbocycles. The Morgan fingerprint density at radius 1 is 1.31 bits per heavy atom. The Morgan fingerprint density at radius 2 is 2.25 bits per heavy atom. The summed E-state index contributed by atoms with van der Waals surface area (Å²) < 4.78 is 5.61. The SMILES string of the molecule is BrCCc1cccc2c1C1=C2C2OC2C=C1. The summed E-state index contributed by atoms with van der Waals surface area (Å²) in [6.07, 6.45) is 6.27. The lowest BCUT2D eigenvalue weighted by Crippen LogP contribution is -2.16. The molecule has 2 unspecified atom stereocenters. The van der Waals surface area contributed by atoms with E-state index in [0.29, 0.717) is 12.2 Å². The van der Waals surface area contributed by atoms with Gasteiger partial charge in [-0.15, -0.1) is 0 Å². The van der Waals surface area contributed by atoms with Crippen molar-refractivity contribution in [3.05, 3.63) is 47.0 Å². The molecule has 2 atom stereocenters. The molecule has 16 heavy (non-hydrogen) atoms. The summed E-state index contributed by atoms with van der Waals surface area (Å²) in [4.78, 5) is 0. The second kappa shape index (κ2) is 3.08. The van der Waals surface area contributed by atoms with Crippen LogP contribution in [-0.4, -0.2) is 17.5 Å². The number of halogens is 1. The minimum absolute atomic E-state index is 0.367. The van der Waals surface area contributed by atoms with Gasteiger partial charge in [0.25, 0.3) is 0 Å². The fraction of sp³-hybridized carbons (Fsp3) is 0.286. The van der Waals surface area contributed by atoms with Crippen molar-refractivity contribution < 1.29 is 4.74 Å². The van der Waals surface area contributed by atoms with Crippen LogP contribution in [0.3, 0.4) is 0 Å². The third kappa shape index (κ3) is 1.04. The van der Waals surface area contributed by atoms with Crippen LogP contribution in [0.5, 0.6) is 0 Å². The molecule has 0 saturated carbocycles. The second-order valence-corrected chi connectivity index (χ2v) is 5.28. The maximum Gasteiger partial charge on any atom is 0.114 e. The lowest BCUT2D eigenvalue weighted by Gasteiger charge is -2.29. The van der Waals surface area contributed by atoms with Crippen LogP contribution in [0.15, 0.2) is 30.4 Å². The molecule has 0 aromatic heterocycles. The number of fused-ring (bicyclic) bond motifs is 5. The second-order valence-electron chi connectivity index (χ2n) is 4.49. The first-order valence-electron chi connectivity index (χ1n) is 5.66. The number of hydrogen-bond acceptors (Lipinski definition) is 1. The van der Waals surface area contributed by atoms with Crippen LogP contribution in [0.4, 0.5) is 0 Å². The largest absolute Gasteiger partial charge is 0.360 e. The van der Waals surface area contributed by atoms with E-state index in [-0.39, 0.29) is 0 Å². The lowest BCUT2D eigenvalue weighted by atomic mass is 9.73. The number of benzene rings is 1. The van der Waals surface area contributed by atoms with E-state index in [9.17, 15) is 0 Å². The molecule has 0 spiro atoms. The molecule has 80 valence electrons. The summed E-state index contributed by atoms with van der Waals surface area (Å²) in [7, 11) is 0. The molecular formula is C14H11BrO. The molecule has 1 saturated heterocycles. The van der Waals surface area contributed by atoms with E-state index in [2.05, 4.69) is 46.3 Å². The van der Waals surface area contributed by atoms with E-state index in [1.807, 2.05) is 0 Å². The summed E-state index contributed by atoms with van der Waals surface area (Å²) in [5, 5.41) is 1.03. The highest BCUT2D eigenvalue weighted by Crippen LogP contribution is 2.53. The highest BCUT2D eigenvalue weighted by Gasteiger charge is 2.48. The minimum Gasteiger partial charge on any atom is -0.360 e. The van der Waals surface area contributed by atoms with Gasteiger partial charge in [0.15, 0.2) is 0 Å². The summed E-state index contributed by atoms with van der Waals surface area (Å²) >= 11 is 3.52. The zero-order valence-corrected chi connectivity index (χ0v) is 10.3. The first-order chi connectivity index (χ1) is 7.90. The van der Waals surface area contributed by atoms with Crippen LogP contribution >= 0.6 is 15.9 Å². The summed E-state index contributed by atoms with van der Waals surface area (Å²) in [6.45, 7) is 0. The summed E-state index contributed by atoms with van der Waals surface area (Å²) in [6, 6.07) is 6.62. The number of ether oxygens (including phenoxy) is 1. The number of epoxide rings is 1. The third-order valence-corrected chi connectivity index (χ3v) is 4.02. The van der Waals surface area contributed by atoms with Crippen molar-refractivity contribution >= 4 is 27.1 Å². The molecular weight excluding hydrogens is 264 g/mol. The summed E-state index contributed by atoms with van der Waals surface area (Å²) in [5.41, 5.74) is 7.20. The number of alkyl halides is 1. The van der Waals surface area contributed by atoms with Crippen LogP contribution in [-0.2, 0) is 11.2 Å². The van der Waals surface area contributed by atoms with Crippen molar-refractivity contribution in [3.8, 4) is 0 Å². The molecule has 4 rings (SSSR count). The molecule has 1 nitrogen and oxygen atoms in total. The standard InChI is InChI=1S/C14H11BrO/c15-7-6-8-2-1-3-9-12(8)10-4-5-11-14(16-11)13(9)10/h1-5,11,14H,6-7H2. The molecule has 2 heteroatoms. The first kappa shape index (κ1) is 9.20.